The van der Waals surface area contributed by atoms with E-state index in [2.05, 4.69) is 0 Å². The quantitative estimate of drug-likeness (QED) is 0.775. The molecule has 0 radical (unpaired) electrons. The van der Waals surface area contributed by atoms with Crippen LogP contribution < -0.4 is 0 Å². The van der Waals surface area contributed by atoms with Crippen LogP contribution in [-0.2, 0) is 6.18 Å². The van der Waals surface area contributed by atoms with Crippen LogP contribution in [0, 0.1) is 5.82 Å². The minimum atomic E-state index is -4.76. The Kier molecular flexibility index (Phi) is 2.90. The van der Waals surface area contributed by atoms with Gasteiger partial charge in [0.25, 0.3) is 0 Å². The van der Waals surface area contributed by atoms with Gasteiger partial charge in [-0.05, 0) is 12.1 Å². The number of halogens is 5. The molecule has 0 fully saturated rings. The van der Waals surface area contributed by atoms with Gasteiger partial charge in [-0.3, -0.25) is 0 Å². The zero-order chi connectivity index (χ0) is 11.8. The summed E-state index contributed by atoms with van der Waals surface area (Å²) in [4.78, 5) is 10.4. The number of carboxylic acids is 1. The third-order valence-corrected chi connectivity index (χ3v) is 1.86. The van der Waals surface area contributed by atoms with Crippen molar-refractivity contribution in [1.29, 1.82) is 0 Å². The Morgan fingerprint density at radius 1 is 1.33 bits per heavy atom. The fraction of sp³-hybridized carbons (Fsp3) is 0.125. The molecule has 0 atom stereocenters. The fourth-order valence-electron chi connectivity index (χ4n) is 0.908. The molecule has 0 bridgehead atoms. The molecular formula is C8H3ClF4O2. The highest BCUT2D eigenvalue weighted by atomic mass is 35.5. The largest absolute Gasteiger partial charge is 0.478 e. The first-order chi connectivity index (χ1) is 6.73. The molecule has 1 aromatic carbocycles. The van der Waals surface area contributed by atoms with Crippen LogP contribution in [0.4, 0.5) is 17.6 Å². The van der Waals surface area contributed by atoms with E-state index in [9.17, 15) is 22.4 Å². The van der Waals surface area contributed by atoms with Crippen molar-refractivity contribution in [3.05, 3.63) is 34.1 Å². The molecule has 0 heterocycles. The highest BCUT2D eigenvalue weighted by Gasteiger charge is 2.33. The molecule has 0 amide bonds. The number of aromatic carboxylic acids is 1. The van der Waals surface area contributed by atoms with E-state index in [1.54, 1.807) is 0 Å². The van der Waals surface area contributed by atoms with E-state index in [4.69, 9.17) is 16.7 Å². The highest BCUT2D eigenvalue weighted by Crippen LogP contribution is 2.33. The lowest BCUT2D eigenvalue weighted by Crippen LogP contribution is -2.09. The van der Waals surface area contributed by atoms with Crippen LogP contribution >= 0.6 is 11.6 Å². The summed E-state index contributed by atoms with van der Waals surface area (Å²) in [5.41, 5.74) is -2.40. The lowest BCUT2D eigenvalue weighted by Gasteiger charge is -2.08. The van der Waals surface area contributed by atoms with Crippen molar-refractivity contribution in [1.82, 2.24) is 0 Å². The minimum absolute atomic E-state index is 0.198. The van der Waals surface area contributed by atoms with E-state index in [1.807, 2.05) is 0 Å². The molecule has 0 unspecified atom stereocenters. The van der Waals surface area contributed by atoms with Gasteiger partial charge in [0, 0.05) is 0 Å². The van der Waals surface area contributed by atoms with E-state index >= 15 is 0 Å². The molecular weight excluding hydrogens is 245 g/mol. The van der Waals surface area contributed by atoms with Gasteiger partial charge in [0.2, 0.25) is 0 Å². The fourth-order valence-corrected chi connectivity index (χ4v) is 1.13. The first-order valence-corrected chi connectivity index (χ1v) is 3.91. The van der Waals surface area contributed by atoms with Crippen molar-refractivity contribution in [3.63, 3.8) is 0 Å². The maximum Gasteiger partial charge on any atom is 0.416 e. The molecule has 0 saturated heterocycles. The van der Waals surface area contributed by atoms with Crippen molar-refractivity contribution in [2.75, 3.05) is 0 Å². The van der Waals surface area contributed by atoms with Crippen LogP contribution in [-0.4, -0.2) is 11.1 Å². The summed E-state index contributed by atoms with van der Waals surface area (Å²) >= 11 is 5.13. The van der Waals surface area contributed by atoms with Crippen molar-refractivity contribution in [2.45, 2.75) is 6.18 Å². The molecule has 0 aromatic heterocycles. The Balaban J connectivity index is 3.43. The van der Waals surface area contributed by atoms with Crippen LogP contribution in [0.25, 0.3) is 0 Å². The summed E-state index contributed by atoms with van der Waals surface area (Å²) in [5.74, 6) is -3.18. The Labute approximate surface area is 86.1 Å². The SMILES string of the molecule is O=C(O)[13c]1[13cH][13c](C(F)(F)F)[13cH][13c](Cl)[13c]1F. The average Bonchev–Trinajstić information content (AvgIpc) is 2.06. The van der Waals surface area contributed by atoms with E-state index in [-0.39, 0.29) is 6.07 Å². The second-order valence-corrected chi connectivity index (χ2v) is 3.03. The van der Waals surface area contributed by atoms with Gasteiger partial charge in [0.05, 0.1) is 16.1 Å². The number of benzene rings is 1. The average molecular weight is 249 g/mol. The first-order valence-electron chi connectivity index (χ1n) is 3.53. The summed E-state index contributed by atoms with van der Waals surface area (Å²) in [7, 11) is 0. The van der Waals surface area contributed by atoms with Gasteiger partial charge in [-0.15, -0.1) is 0 Å². The first kappa shape index (κ1) is 11.8. The molecule has 2 nitrogen and oxygen atoms in total. The van der Waals surface area contributed by atoms with E-state index < -0.39 is 34.1 Å². The third kappa shape index (κ3) is 2.38. The van der Waals surface area contributed by atoms with Crippen LogP contribution in [0.2, 0.25) is 5.02 Å². The standard InChI is InChI=1S/C8H3ClF4O2/c9-5-2-3(8(11,12)13)1-4(6(5)10)7(14)15/h1-2H,(H,14,15)/i1+1,2+1,3+1,4+1,5+1,6+1. The predicted molar refractivity (Wildman–Crippen MR) is 43.4 cm³/mol. The lowest BCUT2D eigenvalue weighted by atomic mass is 10.8. The Hall–Kier alpha value is -1.30. The number of hydrogen-bond acceptors (Lipinski definition) is 1. The second-order valence-electron chi connectivity index (χ2n) is 2.62. The topological polar surface area (TPSA) is 37.3 Å². The van der Waals surface area contributed by atoms with Gasteiger partial charge >= 0.3 is 12.1 Å². The summed E-state index contributed by atoms with van der Waals surface area (Å²) in [6.07, 6.45) is -4.76. The molecule has 82 valence electrons. The zero-order valence-electron chi connectivity index (χ0n) is 6.90. The molecule has 0 spiro atoms. The monoisotopic (exact) mass is 248 g/mol. The van der Waals surface area contributed by atoms with Crippen molar-refractivity contribution in [3.8, 4) is 0 Å². The summed E-state index contributed by atoms with van der Waals surface area (Å²) < 4.78 is 49.4. The van der Waals surface area contributed by atoms with Crippen LogP contribution in [0.15, 0.2) is 12.1 Å². The number of rotatable bonds is 1. The molecule has 1 N–H and O–H groups in total. The van der Waals surface area contributed by atoms with E-state index in [1.165, 1.54) is 0 Å². The smallest absolute Gasteiger partial charge is 0.416 e. The van der Waals surface area contributed by atoms with Crippen LogP contribution in [0.1, 0.15) is 15.9 Å². The minimum Gasteiger partial charge on any atom is -0.478 e. The molecule has 15 heavy (non-hydrogen) atoms. The molecule has 0 aliphatic carbocycles. The molecule has 0 aliphatic heterocycles. The number of carbonyl (C=O) groups is 1. The second kappa shape index (κ2) is 3.69. The molecule has 7 heteroatoms. The van der Waals surface area contributed by atoms with Crippen molar-refractivity contribution >= 4 is 17.6 Å². The van der Waals surface area contributed by atoms with E-state index in [0.29, 0.717) is 6.07 Å². The Bertz CT molecular complexity index is 414. The summed E-state index contributed by atoms with van der Waals surface area (Å²) in [5, 5.41) is 7.54. The molecule has 0 aliphatic rings. The summed E-state index contributed by atoms with van der Waals surface area (Å²) in [6.45, 7) is 0. The maximum absolute atomic E-state index is 12.9. The van der Waals surface area contributed by atoms with Gasteiger partial charge < -0.3 is 5.11 Å². The lowest BCUT2D eigenvalue weighted by molar-refractivity contribution is -0.137. The predicted octanol–water partition coefficient (Wildman–Crippen LogP) is 3.20. The van der Waals surface area contributed by atoms with Gasteiger partial charge in [0.15, 0.2) is 5.82 Å². The molecule has 1 rings (SSSR count). The van der Waals surface area contributed by atoms with Gasteiger partial charge in [-0.2, -0.15) is 13.2 Å². The Morgan fingerprint density at radius 3 is 2.27 bits per heavy atom. The normalized spacial score (nSPS) is 11.5. The van der Waals surface area contributed by atoms with Crippen LogP contribution in [0.5, 0.6) is 0 Å². The highest BCUT2D eigenvalue weighted by molar-refractivity contribution is 6.31. The van der Waals surface area contributed by atoms with Crippen molar-refractivity contribution < 1.29 is 27.5 Å². The molecule has 1 aromatic rings. The summed E-state index contributed by atoms with van der Waals surface area (Å²) in [6, 6.07) is 0.535. The maximum atomic E-state index is 12.9. The van der Waals surface area contributed by atoms with Gasteiger partial charge in [-0.25, -0.2) is 9.18 Å². The zero-order valence-corrected chi connectivity index (χ0v) is 7.66. The number of hydrogen-bond donors (Lipinski definition) is 1. The van der Waals surface area contributed by atoms with Crippen LogP contribution in [0.3, 0.4) is 0 Å². The van der Waals surface area contributed by atoms with E-state index in [0.717, 1.165) is 0 Å². The Morgan fingerprint density at radius 2 is 1.87 bits per heavy atom. The number of carboxylic acid groups (broad SMARTS) is 1. The number of alkyl halides is 3. The van der Waals surface area contributed by atoms with Crippen molar-refractivity contribution in [2.24, 2.45) is 0 Å². The third-order valence-electron chi connectivity index (χ3n) is 1.59. The van der Waals surface area contributed by atoms with Gasteiger partial charge in [0.1, 0.15) is 0 Å². The molecule has 0 saturated carbocycles. The van der Waals surface area contributed by atoms with Gasteiger partial charge in [-0.1, -0.05) is 11.6 Å².